The van der Waals surface area contributed by atoms with Gasteiger partial charge in [0, 0.05) is 22.9 Å². The topological polar surface area (TPSA) is 48.7 Å². The van der Waals surface area contributed by atoms with Gasteiger partial charge in [-0.3, -0.25) is 0 Å². The summed E-state index contributed by atoms with van der Waals surface area (Å²) in [5.74, 6) is 0. The lowest BCUT2D eigenvalue weighted by atomic mass is 10.1. The van der Waals surface area contributed by atoms with Crippen molar-refractivity contribution in [2.45, 2.75) is 6.54 Å². The minimum absolute atomic E-state index is 0.442. The van der Waals surface area contributed by atoms with E-state index in [0.717, 1.165) is 15.7 Å². The average Bonchev–Trinajstić information content (AvgIpc) is 2.53. The third kappa shape index (κ3) is 3.21. The number of benzene rings is 2. The molecule has 0 aliphatic carbocycles. The van der Waals surface area contributed by atoms with Gasteiger partial charge in [0.1, 0.15) is 11.8 Å². The van der Waals surface area contributed by atoms with E-state index in [1.165, 1.54) is 10.8 Å². The Balaban J connectivity index is 1.78. The second kappa shape index (κ2) is 5.94. The zero-order valence-corrected chi connectivity index (χ0v) is 12.8. The summed E-state index contributed by atoms with van der Waals surface area (Å²) in [6, 6.07) is 18.2. The smallest absolute Gasteiger partial charge is 0.140 e. The van der Waals surface area contributed by atoms with E-state index >= 15 is 0 Å². The molecule has 0 bridgehead atoms. The second-order valence-corrected chi connectivity index (χ2v) is 5.64. The summed E-state index contributed by atoms with van der Waals surface area (Å²) >= 11 is 3.48. The van der Waals surface area contributed by atoms with Gasteiger partial charge < -0.3 is 5.32 Å². The van der Waals surface area contributed by atoms with Crippen molar-refractivity contribution in [2.24, 2.45) is 0 Å². The summed E-state index contributed by atoms with van der Waals surface area (Å²) < 4.78 is 1.08. The molecular formula is C17H12BrN3. The lowest BCUT2D eigenvalue weighted by molar-refractivity contribution is 1.12. The van der Waals surface area contributed by atoms with Crippen LogP contribution in [0.1, 0.15) is 11.3 Å². The van der Waals surface area contributed by atoms with Crippen molar-refractivity contribution in [3.63, 3.8) is 0 Å². The number of hydrogen-bond acceptors (Lipinski definition) is 3. The Hall–Kier alpha value is -2.38. The van der Waals surface area contributed by atoms with Crippen molar-refractivity contribution in [1.82, 2.24) is 4.98 Å². The number of fused-ring (bicyclic) bond motifs is 1. The number of nitriles is 1. The lowest BCUT2D eigenvalue weighted by Gasteiger charge is -2.08. The summed E-state index contributed by atoms with van der Waals surface area (Å²) in [5.41, 5.74) is 2.54. The van der Waals surface area contributed by atoms with Crippen LogP contribution in [0.4, 0.5) is 5.69 Å². The van der Waals surface area contributed by atoms with Crippen molar-refractivity contribution in [3.8, 4) is 6.07 Å². The molecule has 3 rings (SSSR count). The molecule has 1 heterocycles. The van der Waals surface area contributed by atoms with Crippen molar-refractivity contribution in [2.75, 3.05) is 5.32 Å². The van der Waals surface area contributed by atoms with Gasteiger partial charge in [0.2, 0.25) is 0 Å². The fraction of sp³-hybridized carbons (Fsp3) is 0.0588. The molecule has 0 radical (unpaired) electrons. The summed E-state index contributed by atoms with van der Waals surface area (Å²) in [6.45, 7) is 0.666. The molecular weight excluding hydrogens is 326 g/mol. The SMILES string of the molecule is N#Cc1cc(CNc2ccc3cc(Br)ccc3c2)ccn1. The van der Waals surface area contributed by atoms with Crippen LogP contribution in [0, 0.1) is 11.3 Å². The van der Waals surface area contributed by atoms with Crippen LogP contribution in [-0.4, -0.2) is 4.98 Å². The standard InChI is InChI=1S/C17H12BrN3/c18-15-3-1-14-9-16(4-2-13(14)8-15)21-11-12-5-6-20-17(7-12)10-19/h1-9,21H,11H2. The molecule has 21 heavy (non-hydrogen) atoms. The molecule has 0 saturated heterocycles. The summed E-state index contributed by atoms with van der Waals surface area (Å²) in [6.07, 6.45) is 1.66. The van der Waals surface area contributed by atoms with Crippen LogP contribution in [0.25, 0.3) is 10.8 Å². The van der Waals surface area contributed by atoms with E-state index in [9.17, 15) is 0 Å². The number of pyridine rings is 1. The Kier molecular flexibility index (Phi) is 3.85. The van der Waals surface area contributed by atoms with Gasteiger partial charge in [0.05, 0.1) is 0 Å². The highest BCUT2D eigenvalue weighted by Crippen LogP contribution is 2.23. The number of rotatable bonds is 3. The maximum absolute atomic E-state index is 8.85. The fourth-order valence-electron chi connectivity index (χ4n) is 2.18. The predicted molar refractivity (Wildman–Crippen MR) is 87.9 cm³/mol. The molecule has 2 aromatic carbocycles. The summed E-state index contributed by atoms with van der Waals surface area (Å²) in [7, 11) is 0. The molecule has 1 N–H and O–H groups in total. The quantitative estimate of drug-likeness (QED) is 0.766. The van der Waals surface area contributed by atoms with Gasteiger partial charge in [-0.15, -0.1) is 0 Å². The molecule has 4 heteroatoms. The van der Waals surface area contributed by atoms with Gasteiger partial charge in [-0.2, -0.15) is 5.26 Å². The second-order valence-electron chi connectivity index (χ2n) is 4.72. The molecule has 3 nitrogen and oxygen atoms in total. The molecule has 1 aromatic heterocycles. The highest BCUT2D eigenvalue weighted by molar-refractivity contribution is 9.10. The first-order valence-corrected chi connectivity index (χ1v) is 7.32. The van der Waals surface area contributed by atoms with Gasteiger partial charge in [-0.1, -0.05) is 28.1 Å². The molecule has 0 fully saturated rings. The van der Waals surface area contributed by atoms with Gasteiger partial charge in [-0.05, 0) is 52.7 Å². The number of anilines is 1. The predicted octanol–water partition coefficient (Wildman–Crippen LogP) is 4.48. The number of aromatic nitrogens is 1. The molecule has 0 unspecified atom stereocenters. The molecule has 3 aromatic rings. The third-order valence-electron chi connectivity index (χ3n) is 3.24. The van der Waals surface area contributed by atoms with Crippen LogP contribution in [0.15, 0.2) is 59.2 Å². The maximum atomic E-state index is 8.85. The molecule has 0 amide bonds. The number of nitrogens with one attached hydrogen (secondary N) is 1. The normalized spacial score (nSPS) is 10.3. The van der Waals surface area contributed by atoms with Crippen molar-refractivity contribution < 1.29 is 0 Å². The van der Waals surface area contributed by atoms with Crippen LogP contribution in [-0.2, 0) is 6.54 Å². The first kappa shape index (κ1) is 13.6. The van der Waals surface area contributed by atoms with Crippen molar-refractivity contribution in [1.29, 1.82) is 5.26 Å². The van der Waals surface area contributed by atoms with Gasteiger partial charge in [-0.25, -0.2) is 4.98 Å². The van der Waals surface area contributed by atoms with E-state index in [-0.39, 0.29) is 0 Å². The Morgan fingerprint density at radius 2 is 1.86 bits per heavy atom. The molecule has 0 atom stereocenters. The summed E-state index contributed by atoms with van der Waals surface area (Å²) in [4.78, 5) is 3.97. The van der Waals surface area contributed by atoms with E-state index in [1.807, 2.05) is 12.1 Å². The molecule has 0 aliphatic heterocycles. The molecule has 102 valence electrons. The Bertz CT molecular complexity index is 837. The zero-order valence-electron chi connectivity index (χ0n) is 11.2. The highest BCUT2D eigenvalue weighted by atomic mass is 79.9. The third-order valence-corrected chi connectivity index (χ3v) is 3.73. The van der Waals surface area contributed by atoms with Crippen LogP contribution < -0.4 is 5.32 Å². The number of halogens is 1. The van der Waals surface area contributed by atoms with Gasteiger partial charge >= 0.3 is 0 Å². The minimum atomic E-state index is 0.442. The van der Waals surface area contributed by atoms with Crippen LogP contribution in [0.5, 0.6) is 0 Å². The summed E-state index contributed by atoms with van der Waals surface area (Å²) in [5, 5.41) is 14.6. The van der Waals surface area contributed by atoms with Gasteiger partial charge in [0.25, 0.3) is 0 Å². The average molecular weight is 338 g/mol. The van der Waals surface area contributed by atoms with Crippen molar-refractivity contribution in [3.05, 3.63) is 70.5 Å². The highest BCUT2D eigenvalue weighted by Gasteiger charge is 1.99. The largest absolute Gasteiger partial charge is 0.381 e. The number of nitrogens with zero attached hydrogens (tertiary/aromatic N) is 2. The Morgan fingerprint density at radius 1 is 1.05 bits per heavy atom. The van der Waals surface area contributed by atoms with Gasteiger partial charge in [0.15, 0.2) is 0 Å². The Morgan fingerprint density at radius 3 is 2.71 bits per heavy atom. The van der Waals surface area contributed by atoms with E-state index < -0.39 is 0 Å². The molecule has 0 spiro atoms. The van der Waals surface area contributed by atoms with E-state index in [1.54, 1.807) is 12.3 Å². The van der Waals surface area contributed by atoms with E-state index in [2.05, 4.69) is 62.6 Å². The Labute approximate surface area is 131 Å². The maximum Gasteiger partial charge on any atom is 0.140 e. The molecule has 0 aliphatic rings. The first-order chi connectivity index (χ1) is 10.2. The van der Waals surface area contributed by atoms with Crippen LogP contribution in [0.2, 0.25) is 0 Å². The lowest BCUT2D eigenvalue weighted by Crippen LogP contribution is -2.00. The monoisotopic (exact) mass is 337 g/mol. The number of hydrogen-bond donors (Lipinski definition) is 1. The van der Waals surface area contributed by atoms with Crippen LogP contribution >= 0.6 is 15.9 Å². The fourth-order valence-corrected chi connectivity index (χ4v) is 2.55. The van der Waals surface area contributed by atoms with Crippen LogP contribution in [0.3, 0.4) is 0 Å². The zero-order chi connectivity index (χ0) is 14.7. The molecule has 0 saturated carbocycles. The minimum Gasteiger partial charge on any atom is -0.381 e. The van der Waals surface area contributed by atoms with E-state index in [4.69, 9.17) is 5.26 Å². The van der Waals surface area contributed by atoms with E-state index in [0.29, 0.717) is 12.2 Å². The first-order valence-electron chi connectivity index (χ1n) is 6.53. The van der Waals surface area contributed by atoms with Crippen molar-refractivity contribution >= 4 is 32.4 Å².